The molecule has 3 heterocycles. The van der Waals surface area contributed by atoms with Gasteiger partial charge in [-0.3, -0.25) is 19.5 Å². The van der Waals surface area contributed by atoms with Crippen molar-refractivity contribution < 1.29 is 18.7 Å². The summed E-state index contributed by atoms with van der Waals surface area (Å²) in [4.78, 5) is 43.4. The van der Waals surface area contributed by atoms with E-state index < -0.39 is 23.8 Å². The molecule has 11 heteroatoms. The average molecular weight is 500 g/mol. The summed E-state index contributed by atoms with van der Waals surface area (Å²) in [5, 5.41) is 5.59. The molecule has 2 aromatic heterocycles. The summed E-state index contributed by atoms with van der Waals surface area (Å²) in [6.45, 7) is 1.96. The van der Waals surface area contributed by atoms with Gasteiger partial charge in [0.2, 0.25) is 5.91 Å². The van der Waals surface area contributed by atoms with Gasteiger partial charge in [-0.05, 0) is 42.8 Å². The maximum Gasteiger partial charge on any atom is 0.323 e. The van der Waals surface area contributed by atoms with Gasteiger partial charge in [-0.15, -0.1) is 0 Å². The Hall–Kier alpha value is -3.76. The third-order valence-electron chi connectivity index (χ3n) is 5.69. The van der Waals surface area contributed by atoms with Gasteiger partial charge in [0, 0.05) is 44.6 Å². The van der Waals surface area contributed by atoms with Gasteiger partial charge in [-0.2, -0.15) is 0 Å². The van der Waals surface area contributed by atoms with Gasteiger partial charge >= 0.3 is 6.03 Å². The molecule has 3 aromatic rings. The van der Waals surface area contributed by atoms with E-state index in [-0.39, 0.29) is 36.1 Å². The van der Waals surface area contributed by atoms with Gasteiger partial charge in [-0.25, -0.2) is 14.2 Å². The predicted molar refractivity (Wildman–Crippen MR) is 130 cm³/mol. The molecule has 4 rings (SSSR count). The minimum Gasteiger partial charge on any atom is -0.380 e. The molecule has 9 nitrogen and oxygen atoms in total. The molecule has 35 heavy (non-hydrogen) atoms. The molecule has 1 aromatic carbocycles. The van der Waals surface area contributed by atoms with Crippen molar-refractivity contribution in [1.82, 2.24) is 14.5 Å². The Kier molecular flexibility index (Phi) is 7.13. The van der Waals surface area contributed by atoms with E-state index >= 15 is 0 Å². The lowest BCUT2D eigenvalue weighted by atomic mass is 10.1. The smallest absolute Gasteiger partial charge is 0.323 e. The summed E-state index contributed by atoms with van der Waals surface area (Å²) in [5.74, 6) is -1.01. The maximum atomic E-state index is 14.8. The highest BCUT2D eigenvalue weighted by molar-refractivity contribution is 6.30. The largest absolute Gasteiger partial charge is 0.380 e. The summed E-state index contributed by atoms with van der Waals surface area (Å²) >= 11 is 5.82. The number of carbonyl (C=O) groups is 2. The van der Waals surface area contributed by atoms with Crippen LogP contribution in [0, 0.1) is 12.7 Å². The molecule has 2 N–H and O–H groups in total. The van der Waals surface area contributed by atoms with E-state index in [1.54, 1.807) is 25.3 Å². The van der Waals surface area contributed by atoms with Crippen LogP contribution in [-0.2, 0) is 9.53 Å². The molecule has 182 valence electrons. The molecule has 1 fully saturated rings. The van der Waals surface area contributed by atoms with Crippen LogP contribution in [0.2, 0.25) is 5.02 Å². The van der Waals surface area contributed by atoms with Gasteiger partial charge in [0.25, 0.3) is 5.56 Å². The third-order valence-corrected chi connectivity index (χ3v) is 5.91. The second kappa shape index (κ2) is 10.2. The number of methoxy groups -OCH3 is 1. The van der Waals surface area contributed by atoms with Crippen molar-refractivity contribution in [2.75, 3.05) is 24.3 Å². The molecule has 1 saturated heterocycles. The van der Waals surface area contributed by atoms with Gasteiger partial charge in [-0.1, -0.05) is 11.6 Å². The SMILES string of the molecule is CO[C@@H]1CC(C(=O)Nc2ccc(-n3ccc(C)cc3=O)cc2F)N(C(=O)Nc2ccc(Cl)cn2)C1. The van der Waals surface area contributed by atoms with Crippen molar-refractivity contribution in [2.45, 2.75) is 25.5 Å². The van der Waals surface area contributed by atoms with Crippen LogP contribution in [0.5, 0.6) is 0 Å². The highest BCUT2D eigenvalue weighted by Gasteiger charge is 2.40. The number of urea groups is 1. The number of nitrogens with zero attached hydrogens (tertiary/aromatic N) is 3. The number of pyridine rings is 2. The number of anilines is 2. The number of nitrogens with one attached hydrogen (secondary N) is 2. The first-order valence-electron chi connectivity index (χ1n) is 10.8. The minimum absolute atomic E-state index is 0.0699. The van der Waals surface area contributed by atoms with E-state index in [0.29, 0.717) is 10.7 Å². The first-order valence-corrected chi connectivity index (χ1v) is 11.1. The molecule has 0 bridgehead atoms. The molecule has 0 spiro atoms. The number of rotatable bonds is 5. The minimum atomic E-state index is -0.897. The van der Waals surface area contributed by atoms with Crippen LogP contribution in [0.15, 0.2) is 59.7 Å². The topological polar surface area (TPSA) is 106 Å². The molecule has 3 amide bonds. The highest BCUT2D eigenvalue weighted by Crippen LogP contribution is 2.24. The summed E-state index contributed by atoms with van der Waals surface area (Å²) in [7, 11) is 1.49. The lowest BCUT2D eigenvalue weighted by Gasteiger charge is -2.24. The maximum absolute atomic E-state index is 14.8. The third kappa shape index (κ3) is 5.50. The number of amides is 3. The molecule has 0 aliphatic carbocycles. The number of aryl methyl sites for hydroxylation is 1. The zero-order valence-corrected chi connectivity index (χ0v) is 19.8. The fourth-order valence-electron chi connectivity index (χ4n) is 3.83. The van der Waals surface area contributed by atoms with E-state index in [4.69, 9.17) is 16.3 Å². The molecule has 0 radical (unpaired) electrons. The van der Waals surface area contributed by atoms with Crippen LogP contribution >= 0.6 is 11.6 Å². The number of benzene rings is 1. The highest BCUT2D eigenvalue weighted by atomic mass is 35.5. The van der Waals surface area contributed by atoms with Gasteiger partial charge in [0.15, 0.2) is 0 Å². The van der Waals surface area contributed by atoms with E-state index in [2.05, 4.69) is 15.6 Å². The number of aromatic nitrogens is 2. The van der Waals surface area contributed by atoms with Crippen LogP contribution in [0.25, 0.3) is 5.69 Å². The Balaban J connectivity index is 1.50. The van der Waals surface area contributed by atoms with Gasteiger partial charge < -0.3 is 15.0 Å². The standard InChI is InChI=1S/C24H23ClFN5O4/c1-14-7-8-30(22(32)9-14)16-4-5-19(18(26)10-16)28-23(33)20-11-17(35-2)13-31(20)24(34)29-21-6-3-15(25)12-27-21/h3-10,12,17,20H,11,13H2,1-2H3,(H,28,33)(H,27,29,34)/t17-,20?/m1/s1. The summed E-state index contributed by atoms with van der Waals surface area (Å²) in [5.41, 5.74) is 0.748. The van der Waals surface area contributed by atoms with Crippen LogP contribution in [-0.4, -0.2) is 52.2 Å². The molecular formula is C24H23ClFN5O4. The number of likely N-dealkylation sites (tertiary alicyclic amines) is 1. The Morgan fingerprint density at radius 1 is 1.17 bits per heavy atom. The Labute approximate surface area is 205 Å². The monoisotopic (exact) mass is 499 g/mol. The van der Waals surface area contributed by atoms with Crippen molar-refractivity contribution in [1.29, 1.82) is 0 Å². The summed E-state index contributed by atoms with van der Waals surface area (Å²) in [6.07, 6.45) is 2.82. The van der Waals surface area contributed by atoms with E-state index in [1.165, 1.54) is 47.0 Å². The van der Waals surface area contributed by atoms with Crippen LogP contribution in [0.4, 0.5) is 20.7 Å². The number of halogens is 2. The van der Waals surface area contributed by atoms with Crippen molar-refractivity contribution in [3.8, 4) is 5.69 Å². The quantitative estimate of drug-likeness (QED) is 0.558. The van der Waals surface area contributed by atoms with Crippen molar-refractivity contribution in [3.63, 3.8) is 0 Å². The zero-order chi connectivity index (χ0) is 25.1. The van der Waals surface area contributed by atoms with Crippen LogP contribution in [0.3, 0.4) is 0 Å². The fraction of sp³-hybridized carbons (Fsp3) is 0.250. The molecule has 1 aliphatic rings. The lowest BCUT2D eigenvalue weighted by molar-refractivity contribution is -0.119. The molecule has 0 saturated carbocycles. The number of ether oxygens (including phenoxy) is 1. The average Bonchev–Trinajstić information content (AvgIpc) is 3.27. The molecule has 2 atom stereocenters. The second-order valence-electron chi connectivity index (χ2n) is 8.12. The lowest BCUT2D eigenvalue weighted by Crippen LogP contribution is -2.45. The van der Waals surface area contributed by atoms with Crippen molar-refractivity contribution in [2.24, 2.45) is 0 Å². The Morgan fingerprint density at radius 2 is 1.97 bits per heavy atom. The number of hydrogen-bond donors (Lipinski definition) is 2. The fourth-order valence-corrected chi connectivity index (χ4v) is 3.95. The molecule has 1 aliphatic heterocycles. The normalized spacial score (nSPS) is 17.3. The first-order chi connectivity index (χ1) is 16.7. The first kappa shape index (κ1) is 24.4. The number of hydrogen-bond acceptors (Lipinski definition) is 5. The molecular weight excluding hydrogens is 477 g/mol. The Morgan fingerprint density at radius 3 is 2.63 bits per heavy atom. The zero-order valence-electron chi connectivity index (χ0n) is 19.0. The summed E-state index contributed by atoms with van der Waals surface area (Å²) in [6, 6.07) is 8.91. The van der Waals surface area contributed by atoms with E-state index in [0.717, 1.165) is 11.6 Å². The second-order valence-corrected chi connectivity index (χ2v) is 8.56. The molecule has 1 unspecified atom stereocenters. The van der Waals surface area contributed by atoms with Crippen molar-refractivity contribution >= 4 is 35.0 Å². The van der Waals surface area contributed by atoms with E-state index in [9.17, 15) is 18.8 Å². The predicted octanol–water partition coefficient (Wildman–Crippen LogP) is 3.59. The summed E-state index contributed by atoms with van der Waals surface area (Å²) < 4.78 is 21.5. The Bertz CT molecular complexity index is 1310. The van der Waals surface area contributed by atoms with Gasteiger partial charge in [0.05, 0.1) is 22.5 Å². The van der Waals surface area contributed by atoms with Crippen LogP contribution in [0.1, 0.15) is 12.0 Å². The van der Waals surface area contributed by atoms with Gasteiger partial charge in [0.1, 0.15) is 17.7 Å². The number of carbonyl (C=O) groups excluding carboxylic acids is 2. The van der Waals surface area contributed by atoms with E-state index in [1.807, 2.05) is 0 Å². The van der Waals surface area contributed by atoms with Crippen molar-refractivity contribution in [3.05, 3.63) is 81.6 Å². The van der Waals surface area contributed by atoms with Crippen LogP contribution < -0.4 is 16.2 Å².